The van der Waals surface area contributed by atoms with Crippen LogP contribution in [0.15, 0.2) is 0 Å². The Morgan fingerprint density at radius 3 is 2.63 bits per heavy atom. The minimum atomic E-state index is -0.359. The van der Waals surface area contributed by atoms with Crippen LogP contribution in [0.25, 0.3) is 0 Å². The van der Waals surface area contributed by atoms with E-state index in [0.29, 0.717) is 18.5 Å². The number of fused-ring (bicyclic) bond motifs is 1. The van der Waals surface area contributed by atoms with Crippen LogP contribution in [0, 0.1) is 17.3 Å². The number of carbonyl (C=O) groups is 1. The summed E-state index contributed by atoms with van der Waals surface area (Å²) in [5.74, 6) is 1.81. The van der Waals surface area contributed by atoms with Crippen molar-refractivity contribution in [3.8, 4) is 0 Å². The molecule has 2 fully saturated rings. The monoisotopic (exact) mass is 266 g/mol. The van der Waals surface area contributed by atoms with Crippen molar-refractivity contribution in [3.05, 3.63) is 0 Å². The summed E-state index contributed by atoms with van der Waals surface area (Å²) in [6.45, 7) is 7.89. The number of piperidine rings is 1. The summed E-state index contributed by atoms with van der Waals surface area (Å²) >= 11 is 0. The molecule has 0 aromatic carbocycles. The van der Waals surface area contributed by atoms with Crippen LogP contribution in [0.5, 0.6) is 0 Å². The third-order valence-electron chi connectivity index (χ3n) is 5.75. The molecule has 4 atom stereocenters. The molecule has 19 heavy (non-hydrogen) atoms. The molecule has 4 unspecified atom stereocenters. The lowest BCUT2D eigenvalue weighted by atomic mass is 9.71. The molecule has 1 saturated heterocycles. The zero-order valence-electron chi connectivity index (χ0n) is 12.8. The Kier molecular flexibility index (Phi) is 4.54. The maximum absolute atomic E-state index is 12.9. The molecule has 3 heteroatoms. The highest BCUT2D eigenvalue weighted by molar-refractivity contribution is 5.83. The second kappa shape index (κ2) is 5.82. The highest BCUT2D eigenvalue weighted by atomic mass is 16.2. The first-order chi connectivity index (χ1) is 9.03. The van der Waals surface area contributed by atoms with E-state index >= 15 is 0 Å². The van der Waals surface area contributed by atoms with E-state index in [4.69, 9.17) is 5.73 Å². The number of hydrogen-bond acceptors (Lipinski definition) is 2. The van der Waals surface area contributed by atoms with E-state index < -0.39 is 0 Å². The van der Waals surface area contributed by atoms with Gasteiger partial charge in [0.05, 0.1) is 5.41 Å². The van der Waals surface area contributed by atoms with Crippen LogP contribution in [-0.4, -0.2) is 29.9 Å². The van der Waals surface area contributed by atoms with Gasteiger partial charge in [-0.15, -0.1) is 0 Å². The van der Waals surface area contributed by atoms with E-state index in [-0.39, 0.29) is 5.41 Å². The molecular formula is C16H30N2O. The predicted molar refractivity (Wildman–Crippen MR) is 78.7 cm³/mol. The molecule has 0 bridgehead atoms. The molecule has 1 saturated carbocycles. The molecule has 2 N–H and O–H groups in total. The van der Waals surface area contributed by atoms with Gasteiger partial charge in [-0.3, -0.25) is 4.79 Å². The fraction of sp³-hybridized carbons (Fsp3) is 0.938. The molecule has 1 heterocycles. The van der Waals surface area contributed by atoms with E-state index in [1.165, 1.54) is 25.7 Å². The van der Waals surface area contributed by atoms with E-state index in [0.717, 1.165) is 31.2 Å². The van der Waals surface area contributed by atoms with Gasteiger partial charge in [0.1, 0.15) is 0 Å². The number of rotatable bonds is 3. The van der Waals surface area contributed by atoms with E-state index in [9.17, 15) is 4.79 Å². The Bertz CT molecular complexity index is 325. The summed E-state index contributed by atoms with van der Waals surface area (Å²) in [5.41, 5.74) is 5.51. The topological polar surface area (TPSA) is 46.3 Å². The minimum Gasteiger partial charge on any atom is -0.339 e. The van der Waals surface area contributed by atoms with Gasteiger partial charge in [0, 0.05) is 19.1 Å². The van der Waals surface area contributed by atoms with Crippen molar-refractivity contribution in [1.82, 2.24) is 4.90 Å². The molecule has 110 valence electrons. The quantitative estimate of drug-likeness (QED) is 0.854. The Labute approximate surface area is 117 Å². The molecule has 2 aliphatic rings. The van der Waals surface area contributed by atoms with Crippen molar-refractivity contribution in [3.63, 3.8) is 0 Å². The van der Waals surface area contributed by atoms with Crippen LogP contribution >= 0.6 is 0 Å². The van der Waals surface area contributed by atoms with Crippen LogP contribution in [0.4, 0.5) is 0 Å². The molecule has 3 nitrogen and oxygen atoms in total. The largest absolute Gasteiger partial charge is 0.339 e. The Morgan fingerprint density at radius 1 is 1.32 bits per heavy atom. The van der Waals surface area contributed by atoms with Gasteiger partial charge in [-0.05, 0) is 44.4 Å². The molecular weight excluding hydrogens is 236 g/mol. The summed E-state index contributed by atoms with van der Waals surface area (Å²) < 4.78 is 0. The van der Waals surface area contributed by atoms with E-state index in [1.807, 2.05) is 6.92 Å². The number of likely N-dealkylation sites (tertiary alicyclic amines) is 1. The Hall–Kier alpha value is -0.570. The van der Waals surface area contributed by atoms with Gasteiger partial charge in [-0.25, -0.2) is 0 Å². The fourth-order valence-electron chi connectivity index (χ4n) is 3.90. The van der Waals surface area contributed by atoms with Crippen LogP contribution < -0.4 is 5.73 Å². The summed E-state index contributed by atoms with van der Waals surface area (Å²) in [7, 11) is 0. The number of nitrogens with two attached hydrogens (primary N) is 1. The number of amides is 1. The molecule has 1 aliphatic heterocycles. The van der Waals surface area contributed by atoms with Gasteiger partial charge in [0.2, 0.25) is 5.91 Å². The number of carbonyl (C=O) groups excluding carboxylic acids is 1. The first-order valence-electron chi connectivity index (χ1n) is 8.04. The highest BCUT2D eigenvalue weighted by Crippen LogP contribution is 2.40. The van der Waals surface area contributed by atoms with Gasteiger partial charge in [0.25, 0.3) is 0 Å². The molecule has 1 aliphatic carbocycles. The smallest absolute Gasteiger partial charge is 0.230 e. The van der Waals surface area contributed by atoms with Gasteiger partial charge in [0.15, 0.2) is 0 Å². The standard InChI is InChI=1S/C16H30N2O/c1-4-16(3,11-17)15(19)18-10-9-12(2)13-7-5-6-8-14(13)18/h12-14H,4-11,17H2,1-3H3. The normalized spacial score (nSPS) is 34.5. The lowest BCUT2D eigenvalue weighted by molar-refractivity contribution is -0.149. The van der Waals surface area contributed by atoms with E-state index in [2.05, 4.69) is 18.7 Å². The minimum absolute atomic E-state index is 0.307. The predicted octanol–water partition coefficient (Wildman–Crippen LogP) is 2.79. The summed E-state index contributed by atoms with van der Waals surface area (Å²) in [6, 6.07) is 0.488. The van der Waals surface area contributed by atoms with Gasteiger partial charge in [-0.1, -0.05) is 26.7 Å². The van der Waals surface area contributed by atoms with Crippen molar-refractivity contribution in [1.29, 1.82) is 0 Å². The third-order valence-corrected chi connectivity index (χ3v) is 5.75. The highest BCUT2D eigenvalue weighted by Gasteiger charge is 2.43. The maximum atomic E-state index is 12.9. The molecule has 0 spiro atoms. The lowest BCUT2D eigenvalue weighted by Gasteiger charge is -2.49. The molecule has 1 amide bonds. The summed E-state index contributed by atoms with van der Waals surface area (Å²) in [6.07, 6.45) is 7.13. The lowest BCUT2D eigenvalue weighted by Crippen LogP contribution is -2.57. The third kappa shape index (κ3) is 2.67. The van der Waals surface area contributed by atoms with Gasteiger partial charge >= 0.3 is 0 Å². The first kappa shape index (κ1) is 14.8. The van der Waals surface area contributed by atoms with Crippen LogP contribution in [0.3, 0.4) is 0 Å². The molecule has 2 rings (SSSR count). The average molecular weight is 266 g/mol. The molecule has 0 aromatic rings. The van der Waals surface area contributed by atoms with Crippen molar-refractivity contribution in [2.75, 3.05) is 13.1 Å². The van der Waals surface area contributed by atoms with Crippen LogP contribution in [0.2, 0.25) is 0 Å². The van der Waals surface area contributed by atoms with Crippen molar-refractivity contribution in [2.24, 2.45) is 23.0 Å². The SMILES string of the molecule is CCC(C)(CN)C(=O)N1CCC(C)C2CCCCC21. The summed E-state index contributed by atoms with van der Waals surface area (Å²) in [4.78, 5) is 15.1. The summed E-state index contributed by atoms with van der Waals surface area (Å²) in [5, 5.41) is 0. The van der Waals surface area contributed by atoms with Crippen LogP contribution in [0.1, 0.15) is 59.3 Å². The zero-order valence-corrected chi connectivity index (χ0v) is 12.8. The zero-order chi connectivity index (χ0) is 14.0. The van der Waals surface area contributed by atoms with Gasteiger partial charge < -0.3 is 10.6 Å². The molecule has 0 radical (unpaired) electrons. The first-order valence-corrected chi connectivity index (χ1v) is 8.04. The fourth-order valence-corrected chi connectivity index (χ4v) is 3.90. The second-order valence-corrected chi connectivity index (χ2v) is 6.90. The van der Waals surface area contributed by atoms with Gasteiger partial charge in [-0.2, -0.15) is 0 Å². The van der Waals surface area contributed by atoms with E-state index in [1.54, 1.807) is 0 Å². The van der Waals surface area contributed by atoms with Crippen molar-refractivity contribution < 1.29 is 4.79 Å². The maximum Gasteiger partial charge on any atom is 0.230 e. The Morgan fingerprint density at radius 2 is 2.00 bits per heavy atom. The van der Waals surface area contributed by atoms with Crippen LogP contribution in [-0.2, 0) is 4.79 Å². The Balaban J connectivity index is 2.17. The van der Waals surface area contributed by atoms with Crippen molar-refractivity contribution in [2.45, 2.75) is 65.3 Å². The van der Waals surface area contributed by atoms with Crippen molar-refractivity contribution >= 4 is 5.91 Å². The average Bonchev–Trinajstić information content (AvgIpc) is 2.46. The number of nitrogens with zero attached hydrogens (tertiary/aromatic N) is 1. The second-order valence-electron chi connectivity index (χ2n) is 6.90. The number of hydrogen-bond donors (Lipinski definition) is 1. The molecule has 0 aromatic heterocycles.